The Balaban J connectivity index is 2.54. The maximum Gasteiger partial charge on any atom is 0.308 e. The highest BCUT2D eigenvalue weighted by Crippen LogP contribution is 2.24. The first-order valence-corrected chi connectivity index (χ1v) is 4.87. The molecule has 1 rings (SSSR count). The molecule has 0 aromatic heterocycles. The number of carboxylic acids is 1. The van der Waals surface area contributed by atoms with E-state index in [0.29, 0.717) is 6.42 Å². The van der Waals surface area contributed by atoms with Crippen LogP contribution >= 0.6 is 0 Å². The van der Waals surface area contributed by atoms with Crippen LogP contribution in [-0.2, 0) is 9.59 Å². The molecule has 80 valence electrons. The van der Waals surface area contributed by atoms with Gasteiger partial charge in [-0.2, -0.15) is 0 Å². The summed E-state index contributed by atoms with van der Waals surface area (Å²) in [7, 11) is 0. The summed E-state index contributed by atoms with van der Waals surface area (Å²) in [5, 5.41) is 11.6. The van der Waals surface area contributed by atoms with Gasteiger partial charge in [0.1, 0.15) is 0 Å². The lowest BCUT2D eigenvalue weighted by molar-refractivity contribution is -0.144. The van der Waals surface area contributed by atoms with Crippen molar-refractivity contribution in [1.82, 2.24) is 5.32 Å². The monoisotopic (exact) mass is 200 g/mol. The third-order valence-electron chi connectivity index (χ3n) is 2.61. The largest absolute Gasteiger partial charge is 0.481 e. The van der Waals surface area contributed by atoms with Crippen LogP contribution in [0.15, 0.2) is 0 Å². The Morgan fingerprint density at radius 1 is 1.36 bits per heavy atom. The summed E-state index contributed by atoms with van der Waals surface area (Å²) in [6.45, 7) is -0.0805. The fraction of sp³-hybridized carbons (Fsp3) is 0.778. The van der Waals surface area contributed by atoms with E-state index in [-0.39, 0.29) is 18.5 Å². The lowest BCUT2D eigenvalue weighted by Crippen LogP contribution is -2.46. The van der Waals surface area contributed by atoms with E-state index in [1.54, 1.807) is 0 Å². The molecule has 0 aromatic carbocycles. The number of aliphatic carboxylic acids is 1. The van der Waals surface area contributed by atoms with Gasteiger partial charge in [0, 0.05) is 6.04 Å². The summed E-state index contributed by atoms with van der Waals surface area (Å²) in [5.74, 6) is -1.55. The highest BCUT2D eigenvalue weighted by molar-refractivity contribution is 5.79. The smallest absolute Gasteiger partial charge is 0.308 e. The summed E-state index contributed by atoms with van der Waals surface area (Å²) >= 11 is 0. The van der Waals surface area contributed by atoms with Crippen LogP contribution in [0.3, 0.4) is 0 Å². The number of nitrogens with one attached hydrogen (secondary N) is 1. The van der Waals surface area contributed by atoms with Gasteiger partial charge < -0.3 is 16.2 Å². The van der Waals surface area contributed by atoms with E-state index in [0.717, 1.165) is 19.3 Å². The Labute approximate surface area is 82.7 Å². The molecule has 0 bridgehead atoms. The average molecular weight is 200 g/mol. The van der Waals surface area contributed by atoms with Gasteiger partial charge in [-0.15, -0.1) is 0 Å². The van der Waals surface area contributed by atoms with Crippen molar-refractivity contribution in [3.05, 3.63) is 0 Å². The number of rotatable bonds is 3. The third kappa shape index (κ3) is 2.70. The second-order valence-corrected chi connectivity index (χ2v) is 3.61. The molecule has 0 spiro atoms. The number of nitrogens with two attached hydrogens (primary N) is 1. The van der Waals surface area contributed by atoms with Gasteiger partial charge in [0.25, 0.3) is 0 Å². The van der Waals surface area contributed by atoms with Crippen LogP contribution in [0.5, 0.6) is 0 Å². The van der Waals surface area contributed by atoms with Gasteiger partial charge in [0.2, 0.25) is 5.91 Å². The van der Waals surface area contributed by atoms with Crippen molar-refractivity contribution >= 4 is 11.9 Å². The Kier molecular flexibility index (Phi) is 3.88. The quantitative estimate of drug-likeness (QED) is 0.583. The first-order chi connectivity index (χ1) is 6.65. The minimum Gasteiger partial charge on any atom is -0.481 e. The topological polar surface area (TPSA) is 92.4 Å². The molecule has 0 aromatic rings. The van der Waals surface area contributed by atoms with E-state index >= 15 is 0 Å². The average Bonchev–Trinajstić information content (AvgIpc) is 2.18. The van der Waals surface area contributed by atoms with Crippen LogP contribution in [0.25, 0.3) is 0 Å². The van der Waals surface area contributed by atoms with E-state index in [4.69, 9.17) is 10.8 Å². The van der Waals surface area contributed by atoms with E-state index in [2.05, 4.69) is 5.32 Å². The molecule has 14 heavy (non-hydrogen) atoms. The standard InChI is InChI=1S/C9H16N2O3/c10-5-8(12)11-7-4-2-1-3-6(7)9(13)14/h6-7H,1-5,10H2,(H,11,12)(H,13,14). The van der Waals surface area contributed by atoms with Crippen LogP contribution in [0.1, 0.15) is 25.7 Å². The van der Waals surface area contributed by atoms with Crippen molar-refractivity contribution in [3.8, 4) is 0 Å². The van der Waals surface area contributed by atoms with Crippen LogP contribution < -0.4 is 11.1 Å². The summed E-state index contributed by atoms with van der Waals surface area (Å²) < 4.78 is 0. The minimum atomic E-state index is -0.827. The molecule has 1 saturated carbocycles. The number of carbonyl (C=O) groups is 2. The molecule has 1 amide bonds. The molecule has 0 aliphatic heterocycles. The molecule has 2 atom stereocenters. The Hall–Kier alpha value is -1.10. The number of carboxylic acid groups (broad SMARTS) is 1. The van der Waals surface area contributed by atoms with Crippen molar-refractivity contribution < 1.29 is 14.7 Å². The van der Waals surface area contributed by atoms with Gasteiger partial charge >= 0.3 is 5.97 Å². The number of hydrogen-bond donors (Lipinski definition) is 3. The van der Waals surface area contributed by atoms with Gasteiger partial charge in [-0.05, 0) is 12.8 Å². The summed E-state index contributed by atoms with van der Waals surface area (Å²) in [6, 6.07) is -0.239. The summed E-state index contributed by atoms with van der Waals surface area (Å²) in [4.78, 5) is 21.9. The maximum absolute atomic E-state index is 11.0. The molecule has 1 aliphatic rings. The number of carbonyl (C=O) groups excluding carboxylic acids is 1. The van der Waals surface area contributed by atoms with Crippen LogP contribution in [0, 0.1) is 5.92 Å². The van der Waals surface area contributed by atoms with Crippen LogP contribution in [-0.4, -0.2) is 29.6 Å². The molecule has 2 unspecified atom stereocenters. The molecule has 0 radical (unpaired) electrons. The SMILES string of the molecule is NCC(=O)NC1CCCCC1C(=O)O. The maximum atomic E-state index is 11.0. The molecule has 0 heterocycles. The number of amides is 1. The van der Waals surface area contributed by atoms with Crippen molar-refractivity contribution in [1.29, 1.82) is 0 Å². The lowest BCUT2D eigenvalue weighted by atomic mass is 9.84. The zero-order valence-corrected chi connectivity index (χ0v) is 8.03. The van der Waals surface area contributed by atoms with Gasteiger partial charge in [-0.3, -0.25) is 9.59 Å². The number of hydrogen-bond acceptors (Lipinski definition) is 3. The lowest BCUT2D eigenvalue weighted by Gasteiger charge is -2.29. The second-order valence-electron chi connectivity index (χ2n) is 3.61. The van der Waals surface area contributed by atoms with Gasteiger partial charge in [0.15, 0.2) is 0 Å². The molecular formula is C9H16N2O3. The Morgan fingerprint density at radius 3 is 2.57 bits per heavy atom. The van der Waals surface area contributed by atoms with E-state index < -0.39 is 11.9 Å². The van der Waals surface area contributed by atoms with Crippen LogP contribution in [0.2, 0.25) is 0 Å². The third-order valence-corrected chi connectivity index (χ3v) is 2.61. The molecule has 4 N–H and O–H groups in total. The molecular weight excluding hydrogens is 184 g/mol. The van der Waals surface area contributed by atoms with Gasteiger partial charge in [0.05, 0.1) is 12.5 Å². The van der Waals surface area contributed by atoms with Crippen molar-refractivity contribution in [2.45, 2.75) is 31.7 Å². The zero-order chi connectivity index (χ0) is 10.6. The van der Waals surface area contributed by atoms with E-state index in [1.807, 2.05) is 0 Å². The van der Waals surface area contributed by atoms with Gasteiger partial charge in [-0.1, -0.05) is 12.8 Å². The predicted molar refractivity (Wildman–Crippen MR) is 50.6 cm³/mol. The molecule has 5 heteroatoms. The Bertz CT molecular complexity index is 230. The van der Waals surface area contributed by atoms with Crippen molar-refractivity contribution in [3.63, 3.8) is 0 Å². The highest BCUT2D eigenvalue weighted by Gasteiger charge is 2.31. The van der Waals surface area contributed by atoms with Crippen molar-refractivity contribution in [2.75, 3.05) is 6.54 Å². The van der Waals surface area contributed by atoms with Crippen molar-refractivity contribution in [2.24, 2.45) is 11.7 Å². The summed E-state index contributed by atoms with van der Waals surface area (Å²) in [6.07, 6.45) is 3.28. The minimum absolute atomic E-state index is 0.0805. The predicted octanol–water partition coefficient (Wildman–Crippen LogP) is -0.295. The Morgan fingerprint density at radius 2 is 2.00 bits per heavy atom. The van der Waals surface area contributed by atoms with E-state index in [9.17, 15) is 9.59 Å². The normalized spacial score (nSPS) is 26.9. The first kappa shape index (κ1) is 11.0. The zero-order valence-electron chi connectivity index (χ0n) is 8.03. The fourth-order valence-electron chi connectivity index (χ4n) is 1.86. The highest BCUT2D eigenvalue weighted by atomic mass is 16.4. The van der Waals surface area contributed by atoms with Crippen LogP contribution in [0.4, 0.5) is 0 Å². The first-order valence-electron chi connectivity index (χ1n) is 4.87. The van der Waals surface area contributed by atoms with E-state index in [1.165, 1.54) is 0 Å². The van der Waals surface area contributed by atoms with Gasteiger partial charge in [-0.25, -0.2) is 0 Å². The summed E-state index contributed by atoms with van der Waals surface area (Å²) in [5.41, 5.74) is 5.15. The fourth-order valence-corrected chi connectivity index (χ4v) is 1.86. The molecule has 1 fully saturated rings. The molecule has 1 aliphatic carbocycles. The molecule has 5 nitrogen and oxygen atoms in total. The molecule has 0 saturated heterocycles. The second kappa shape index (κ2) is 4.95.